The zero-order valence-electron chi connectivity index (χ0n) is 21.7. The minimum absolute atomic E-state index is 0.0344. The number of hydrogen-bond acceptors (Lipinski definition) is 3. The second kappa shape index (κ2) is 11.1. The Bertz CT molecular complexity index is 1140. The Morgan fingerprint density at radius 3 is 2.27 bits per heavy atom. The molecular formula is C29H36ClN3O4. The monoisotopic (exact) mass is 525 g/mol. The average Bonchev–Trinajstić information content (AvgIpc) is 3.20. The van der Waals surface area contributed by atoms with E-state index in [9.17, 15) is 14.4 Å². The van der Waals surface area contributed by atoms with E-state index in [1.165, 1.54) is 0 Å². The first-order valence-corrected chi connectivity index (χ1v) is 13.4. The number of carboxylic acids is 1. The lowest BCUT2D eigenvalue weighted by Crippen LogP contribution is -2.43. The van der Waals surface area contributed by atoms with E-state index in [4.69, 9.17) is 16.7 Å². The van der Waals surface area contributed by atoms with Gasteiger partial charge in [-0.3, -0.25) is 14.5 Å². The maximum absolute atomic E-state index is 13.8. The van der Waals surface area contributed by atoms with Crippen molar-refractivity contribution in [1.29, 1.82) is 0 Å². The number of nitrogens with zero attached hydrogens (tertiary/aromatic N) is 2. The molecule has 0 spiro atoms. The van der Waals surface area contributed by atoms with Crippen molar-refractivity contribution >= 4 is 35.2 Å². The zero-order valence-corrected chi connectivity index (χ0v) is 22.5. The normalized spacial score (nSPS) is 22.3. The van der Waals surface area contributed by atoms with Crippen LogP contribution < -0.4 is 10.2 Å². The topological polar surface area (TPSA) is 90.0 Å². The average molecular weight is 526 g/mol. The van der Waals surface area contributed by atoms with Crippen LogP contribution in [0.3, 0.4) is 0 Å². The number of hydrogen-bond donors (Lipinski definition) is 2. The number of amides is 3. The Hall–Kier alpha value is -3.06. The third-order valence-corrected chi connectivity index (χ3v) is 8.10. The van der Waals surface area contributed by atoms with E-state index < -0.39 is 5.97 Å². The summed E-state index contributed by atoms with van der Waals surface area (Å²) in [7, 11) is 0. The Balaban J connectivity index is 1.57. The first-order valence-electron chi connectivity index (χ1n) is 13.0. The molecule has 0 radical (unpaired) electrons. The molecule has 4 rings (SSSR count). The Kier molecular flexibility index (Phi) is 8.12. The minimum atomic E-state index is -0.957. The number of carbonyl (C=O) groups excluding carboxylic acids is 2. The van der Waals surface area contributed by atoms with E-state index in [1.54, 1.807) is 23.1 Å². The summed E-state index contributed by atoms with van der Waals surface area (Å²) in [6.45, 7) is 7.43. The standard InChI is InChI=1S/C29H36ClN3O4/c1-29(2,3)21-12-14-22(15-13-21)33-25(18-32(28(33)37)24-7-5-4-6-23(24)30)19-8-10-20(11-9-19)27(36)31-17-16-26(34)35/h4-11,21-22,25H,12-18H2,1-3H3,(H,31,36)(H,34,35). The van der Waals surface area contributed by atoms with Gasteiger partial charge in [-0.2, -0.15) is 0 Å². The van der Waals surface area contributed by atoms with Gasteiger partial charge in [0, 0.05) is 18.2 Å². The lowest BCUT2D eigenvalue weighted by atomic mass is 9.71. The second-order valence-corrected chi connectivity index (χ2v) is 11.6. The summed E-state index contributed by atoms with van der Waals surface area (Å²) in [5.74, 6) is -0.634. The van der Waals surface area contributed by atoms with Gasteiger partial charge in [-0.25, -0.2) is 4.79 Å². The fourth-order valence-electron chi connectivity index (χ4n) is 5.62. The molecule has 1 aliphatic heterocycles. The number of benzene rings is 2. The number of aliphatic carboxylic acids is 1. The van der Waals surface area contributed by atoms with E-state index in [2.05, 4.69) is 26.1 Å². The van der Waals surface area contributed by atoms with Crippen molar-refractivity contribution in [3.05, 3.63) is 64.7 Å². The van der Waals surface area contributed by atoms with Gasteiger partial charge < -0.3 is 15.3 Å². The molecule has 0 bridgehead atoms. The van der Waals surface area contributed by atoms with E-state index in [0.29, 0.717) is 28.7 Å². The summed E-state index contributed by atoms with van der Waals surface area (Å²) >= 11 is 6.49. The van der Waals surface area contributed by atoms with Crippen LogP contribution >= 0.6 is 11.6 Å². The molecule has 1 saturated heterocycles. The van der Waals surface area contributed by atoms with Gasteiger partial charge in [0.1, 0.15) is 0 Å². The third kappa shape index (κ3) is 6.09. The molecule has 1 atom stereocenters. The highest BCUT2D eigenvalue weighted by Crippen LogP contribution is 2.44. The van der Waals surface area contributed by atoms with Gasteiger partial charge in [0.05, 0.1) is 29.7 Å². The van der Waals surface area contributed by atoms with E-state index >= 15 is 0 Å². The van der Waals surface area contributed by atoms with Gasteiger partial charge in [-0.1, -0.05) is 56.6 Å². The van der Waals surface area contributed by atoms with E-state index in [-0.39, 0.29) is 42.4 Å². The molecule has 2 aromatic rings. The second-order valence-electron chi connectivity index (χ2n) is 11.2. The van der Waals surface area contributed by atoms with Crippen molar-refractivity contribution in [2.75, 3.05) is 18.0 Å². The number of rotatable bonds is 7. The number of urea groups is 1. The maximum Gasteiger partial charge on any atom is 0.325 e. The number of halogens is 1. The summed E-state index contributed by atoms with van der Waals surface area (Å²) in [5, 5.41) is 12.0. The molecule has 1 unspecified atom stereocenters. The SMILES string of the molecule is CC(C)(C)C1CCC(N2C(=O)N(c3ccccc3Cl)CC2c2ccc(C(=O)NCCC(=O)O)cc2)CC1. The highest BCUT2D eigenvalue weighted by Gasteiger charge is 2.44. The maximum atomic E-state index is 13.8. The molecule has 7 nitrogen and oxygen atoms in total. The molecule has 2 N–H and O–H groups in total. The summed E-state index contributed by atoms with van der Waals surface area (Å²) in [4.78, 5) is 40.8. The van der Waals surface area contributed by atoms with Crippen molar-refractivity contribution in [3.63, 3.8) is 0 Å². The van der Waals surface area contributed by atoms with Gasteiger partial charge in [0.15, 0.2) is 0 Å². The van der Waals surface area contributed by atoms with Crippen LogP contribution in [0.4, 0.5) is 10.5 Å². The van der Waals surface area contributed by atoms with Crippen LogP contribution in [0.2, 0.25) is 5.02 Å². The highest BCUT2D eigenvalue weighted by molar-refractivity contribution is 6.33. The first-order chi connectivity index (χ1) is 17.6. The minimum Gasteiger partial charge on any atom is -0.481 e. The van der Waals surface area contributed by atoms with Crippen molar-refractivity contribution in [2.45, 2.75) is 65.0 Å². The predicted molar refractivity (Wildman–Crippen MR) is 145 cm³/mol. The predicted octanol–water partition coefficient (Wildman–Crippen LogP) is 6.13. The lowest BCUT2D eigenvalue weighted by molar-refractivity contribution is -0.136. The van der Waals surface area contributed by atoms with Crippen molar-refractivity contribution < 1.29 is 19.5 Å². The van der Waals surface area contributed by atoms with Crippen LogP contribution in [-0.2, 0) is 4.79 Å². The Morgan fingerprint density at radius 2 is 1.68 bits per heavy atom. The number of anilines is 1. The number of para-hydroxylation sites is 1. The quantitative estimate of drug-likeness (QED) is 0.455. The van der Waals surface area contributed by atoms with Gasteiger partial charge in [0.25, 0.3) is 5.91 Å². The fraction of sp³-hybridized carbons (Fsp3) is 0.483. The summed E-state index contributed by atoms with van der Waals surface area (Å²) < 4.78 is 0. The van der Waals surface area contributed by atoms with Crippen molar-refractivity contribution in [2.24, 2.45) is 11.3 Å². The molecule has 1 saturated carbocycles. The summed E-state index contributed by atoms with van der Waals surface area (Å²) in [6.07, 6.45) is 3.98. The van der Waals surface area contributed by atoms with Gasteiger partial charge >= 0.3 is 12.0 Å². The molecule has 8 heteroatoms. The van der Waals surface area contributed by atoms with Crippen LogP contribution in [-0.4, -0.2) is 47.0 Å². The molecule has 1 heterocycles. The van der Waals surface area contributed by atoms with E-state index in [1.807, 2.05) is 35.2 Å². The molecule has 3 amide bonds. The number of carboxylic acid groups (broad SMARTS) is 1. The van der Waals surface area contributed by atoms with Gasteiger partial charge in [-0.05, 0) is 66.8 Å². The van der Waals surface area contributed by atoms with Gasteiger partial charge in [-0.15, -0.1) is 0 Å². The van der Waals surface area contributed by atoms with Crippen LogP contribution in [0.1, 0.15) is 74.8 Å². The fourth-order valence-corrected chi connectivity index (χ4v) is 5.86. The first kappa shape index (κ1) is 27.0. The summed E-state index contributed by atoms with van der Waals surface area (Å²) in [6, 6.07) is 14.6. The van der Waals surface area contributed by atoms with Crippen LogP contribution in [0, 0.1) is 11.3 Å². The largest absolute Gasteiger partial charge is 0.481 e. The van der Waals surface area contributed by atoms with E-state index in [0.717, 1.165) is 31.2 Å². The number of carbonyl (C=O) groups is 3. The lowest BCUT2D eigenvalue weighted by Gasteiger charge is -2.41. The molecule has 2 aromatic carbocycles. The third-order valence-electron chi connectivity index (χ3n) is 7.78. The Labute approximate surface area is 223 Å². The zero-order chi connectivity index (χ0) is 26.7. The molecule has 198 valence electrons. The summed E-state index contributed by atoms with van der Waals surface area (Å²) in [5.41, 5.74) is 2.38. The smallest absolute Gasteiger partial charge is 0.325 e. The van der Waals surface area contributed by atoms with Crippen LogP contribution in [0.25, 0.3) is 0 Å². The Morgan fingerprint density at radius 1 is 1.03 bits per heavy atom. The van der Waals surface area contributed by atoms with Crippen LogP contribution in [0.5, 0.6) is 0 Å². The molecule has 37 heavy (non-hydrogen) atoms. The molecular weight excluding hydrogens is 490 g/mol. The highest BCUT2D eigenvalue weighted by atomic mass is 35.5. The number of nitrogens with one attached hydrogen (secondary N) is 1. The van der Waals surface area contributed by atoms with Crippen molar-refractivity contribution in [1.82, 2.24) is 10.2 Å². The molecule has 2 fully saturated rings. The van der Waals surface area contributed by atoms with Crippen LogP contribution in [0.15, 0.2) is 48.5 Å². The van der Waals surface area contributed by atoms with Gasteiger partial charge in [0.2, 0.25) is 0 Å². The van der Waals surface area contributed by atoms with Crippen molar-refractivity contribution in [3.8, 4) is 0 Å². The molecule has 0 aromatic heterocycles. The molecule has 1 aliphatic carbocycles. The molecule has 2 aliphatic rings.